The van der Waals surface area contributed by atoms with E-state index in [1.807, 2.05) is 0 Å². The minimum atomic E-state index is -0.919. The van der Waals surface area contributed by atoms with Crippen molar-refractivity contribution >= 4 is 35.1 Å². The van der Waals surface area contributed by atoms with Gasteiger partial charge in [-0.2, -0.15) is 17.0 Å². The molecule has 2 rings (SSSR count). The van der Waals surface area contributed by atoms with Crippen LogP contribution in [-0.4, -0.2) is 60.4 Å². The third-order valence-corrected chi connectivity index (χ3v) is 6.24. The molecule has 1 aliphatic rings. The standard InChI is InChI=1S/C24H30N4O6S/c1-4-33-23(29)20-16(3)27-19(15-35-13-12-26-11-7-10-25)22(24(30)34-5-2)21(20)17-8-6-9-18(14-17)28(31)32/h6,8-9,14,20-21,26H,4-5,7,11-13,15H2,1-3H3. The number of hydrogen-bond acceptors (Lipinski definition) is 10. The molecule has 11 heteroatoms. The summed E-state index contributed by atoms with van der Waals surface area (Å²) in [6.07, 6.45) is 0.423. The molecule has 0 spiro atoms. The second-order valence-corrected chi connectivity index (χ2v) is 8.71. The zero-order valence-electron chi connectivity index (χ0n) is 20.1. The normalized spacial score (nSPS) is 17.4. The smallest absolute Gasteiger partial charge is 0.336 e. The first-order valence-electron chi connectivity index (χ1n) is 11.4. The molecule has 2 atom stereocenters. The number of nitriles is 1. The molecule has 0 amide bonds. The van der Waals surface area contributed by atoms with E-state index in [9.17, 15) is 19.7 Å². The molecule has 35 heavy (non-hydrogen) atoms. The molecule has 10 nitrogen and oxygen atoms in total. The maximum Gasteiger partial charge on any atom is 0.336 e. The minimum Gasteiger partial charge on any atom is -0.465 e. The number of hydrogen-bond donors (Lipinski definition) is 1. The number of esters is 2. The zero-order chi connectivity index (χ0) is 25.8. The van der Waals surface area contributed by atoms with Gasteiger partial charge in [0.1, 0.15) is 5.92 Å². The summed E-state index contributed by atoms with van der Waals surface area (Å²) in [5.74, 6) is -1.83. The predicted octanol–water partition coefficient (Wildman–Crippen LogP) is 3.39. The maximum atomic E-state index is 13.2. The van der Waals surface area contributed by atoms with E-state index in [1.165, 1.54) is 18.2 Å². The van der Waals surface area contributed by atoms with E-state index >= 15 is 0 Å². The van der Waals surface area contributed by atoms with Gasteiger partial charge in [-0.25, -0.2) is 4.79 Å². The van der Waals surface area contributed by atoms with E-state index in [0.717, 1.165) is 0 Å². The van der Waals surface area contributed by atoms with Crippen LogP contribution in [0.4, 0.5) is 5.69 Å². The van der Waals surface area contributed by atoms with E-state index < -0.39 is 28.7 Å². The summed E-state index contributed by atoms with van der Waals surface area (Å²) in [4.78, 5) is 41.7. The second kappa shape index (κ2) is 14.2. The van der Waals surface area contributed by atoms with Crippen molar-refractivity contribution in [1.29, 1.82) is 5.26 Å². The van der Waals surface area contributed by atoms with Crippen LogP contribution in [0.1, 0.15) is 38.7 Å². The number of carbonyl (C=O) groups is 2. The van der Waals surface area contributed by atoms with Crippen molar-refractivity contribution in [3.05, 3.63) is 51.2 Å². The van der Waals surface area contributed by atoms with Gasteiger partial charge in [-0.3, -0.25) is 19.9 Å². The maximum absolute atomic E-state index is 13.2. The summed E-state index contributed by atoms with van der Waals surface area (Å²) < 4.78 is 10.6. The number of nitrogens with zero attached hydrogens (tertiary/aromatic N) is 3. The van der Waals surface area contributed by atoms with Gasteiger partial charge in [0.25, 0.3) is 5.69 Å². The number of benzene rings is 1. The molecule has 0 radical (unpaired) electrons. The summed E-state index contributed by atoms with van der Waals surface area (Å²) in [6.45, 7) is 6.61. The molecule has 188 valence electrons. The van der Waals surface area contributed by atoms with Crippen LogP contribution in [0.25, 0.3) is 0 Å². The summed E-state index contributed by atoms with van der Waals surface area (Å²) in [5, 5.41) is 23.2. The molecular formula is C24H30N4O6S. The molecule has 1 N–H and O–H groups in total. The molecule has 0 saturated heterocycles. The Kier molecular flexibility index (Phi) is 11.4. The van der Waals surface area contributed by atoms with E-state index in [0.29, 0.717) is 48.0 Å². The van der Waals surface area contributed by atoms with Gasteiger partial charge in [0.2, 0.25) is 0 Å². The van der Waals surface area contributed by atoms with Gasteiger partial charge in [0, 0.05) is 54.8 Å². The Morgan fingerprint density at radius 3 is 2.66 bits per heavy atom. The number of ether oxygens (including phenoxy) is 2. The Bertz CT molecular complexity index is 1030. The lowest BCUT2D eigenvalue weighted by atomic mass is 9.75. The third-order valence-electron chi connectivity index (χ3n) is 5.27. The average molecular weight is 503 g/mol. The Balaban J connectivity index is 2.50. The number of rotatable bonds is 13. The van der Waals surface area contributed by atoms with Crippen LogP contribution in [0.5, 0.6) is 0 Å². The van der Waals surface area contributed by atoms with Crippen molar-refractivity contribution in [2.45, 2.75) is 33.1 Å². The predicted molar refractivity (Wildman–Crippen MR) is 133 cm³/mol. The lowest BCUT2D eigenvalue weighted by Crippen LogP contribution is -2.37. The van der Waals surface area contributed by atoms with Crippen LogP contribution in [0, 0.1) is 27.4 Å². The van der Waals surface area contributed by atoms with E-state index in [4.69, 9.17) is 14.7 Å². The number of nitro groups is 1. The van der Waals surface area contributed by atoms with E-state index in [1.54, 1.807) is 38.6 Å². The van der Waals surface area contributed by atoms with Gasteiger partial charge in [-0.05, 0) is 26.3 Å². The average Bonchev–Trinajstić information content (AvgIpc) is 2.83. The fourth-order valence-corrected chi connectivity index (χ4v) is 4.65. The van der Waals surface area contributed by atoms with Gasteiger partial charge < -0.3 is 14.8 Å². The lowest BCUT2D eigenvalue weighted by Gasteiger charge is -2.32. The molecule has 0 fully saturated rings. The van der Waals surface area contributed by atoms with Crippen molar-refractivity contribution in [2.75, 3.05) is 37.8 Å². The highest BCUT2D eigenvalue weighted by Gasteiger charge is 2.43. The Hall–Kier alpha value is -3.23. The number of nitro benzene ring substituents is 1. The van der Waals surface area contributed by atoms with Crippen LogP contribution < -0.4 is 5.32 Å². The first kappa shape index (κ1) is 28.0. The summed E-state index contributed by atoms with van der Waals surface area (Å²) in [6, 6.07) is 7.99. The monoisotopic (exact) mass is 502 g/mol. The summed E-state index contributed by atoms with van der Waals surface area (Å²) >= 11 is 1.54. The first-order chi connectivity index (χ1) is 16.8. The molecule has 0 aromatic heterocycles. The van der Waals surface area contributed by atoms with Crippen LogP contribution in [0.15, 0.2) is 40.5 Å². The number of thioether (sulfide) groups is 1. The zero-order valence-corrected chi connectivity index (χ0v) is 20.9. The van der Waals surface area contributed by atoms with E-state index in [-0.39, 0.29) is 24.5 Å². The number of nitrogens with one attached hydrogen (secondary N) is 1. The van der Waals surface area contributed by atoms with Gasteiger partial charge in [0.05, 0.1) is 35.5 Å². The quantitative estimate of drug-likeness (QED) is 0.186. The largest absolute Gasteiger partial charge is 0.465 e. The Morgan fingerprint density at radius 1 is 1.26 bits per heavy atom. The molecule has 1 aliphatic heterocycles. The minimum absolute atomic E-state index is 0.125. The van der Waals surface area contributed by atoms with Gasteiger partial charge in [-0.15, -0.1) is 0 Å². The molecular weight excluding hydrogens is 472 g/mol. The van der Waals surface area contributed by atoms with Crippen molar-refractivity contribution < 1.29 is 24.0 Å². The van der Waals surface area contributed by atoms with Crippen molar-refractivity contribution in [2.24, 2.45) is 10.9 Å². The fraction of sp³-hybridized carbons (Fsp3) is 0.500. The van der Waals surface area contributed by atoms with Crippen LogP contribution in [-0.2, 0) is 19.1 Å². The molecule has 2 unspecified atom stereocenters. The highest BCUT2D eigenvalue weighted by atomic mass is 32.2. The van der Waals surface area contributed by atoms with Crippen LogP contribution in [0.2, 0.25) is 0 Å². The molecule has 1 heterocycles. The Morgan fingerprint density at radius 2 is 2.00 bits per heavy atom. The van der Waals surface area contributed by atoms with Crippen molar-refractivity contribution in [3.8, 4) is 6.07 Å². The summed E-state index contributed by atoms with van der Waals surface area (Å²) in [7, 11) is 0. The topological polar surface area (TPSA) is 144 Å². The molecule has 0 aliphatic carbocycles. The van der Waals surface area contributed by atoms with Gasteiger partial charge in [0.15, 0.2) is 0 Å². The first-order valence-corrected chi connectivity index (χ1v) is 12.5. The molecule has 0 saturated carbocycles. The lowest BCUT2D eigenvalue weighted by molar-refractivity contribution is -0.384. The third kappa shape index (κ3) is 7.63. The summed E-state index contributed by atoms with van der Waals surface area (Å²) in [5.41, 5.74) is 1.44. The number of non-ortho nitro benzene ring substituents is 1. The van der Waals surface area contributed by atoms with E-state index in [2.05, 4.69) is 16.4 Å². The molecule has 1 aromatic rings. The highest BCUT2D eigenvalue weighted by molar-refractivity contribution is 7.99. The highest BCUT2D eigenvalue weighted by Crippen LogP contribution is 2.41. The van der Waals surface area contributed by atoms with Crippen molar-refractivity contribution in [3.63, 3.8) is 0 Å². The second-order valence-electron chi connectivity index (χ2n) is 7.60. The van der Waals surface area contributed by atoms with Crippen LogP contribution >= 0.6 is 11.8 Å². The molecule has 0 bridgehead atoms. The fourth-order valence-electron chi connectivity index (χ4n) is 3.81. The van der Waals surface area contributed by atoms with Gasteiger partial charge in [-0.1, -0.05) is 12.1 Å². The number of aliphatic imine (C=N–C) groups is 1. The molecule has 1 aromatic carbocycles. The SMILES string of the molecule is CCOC(=O)C1=C(CSCCNCCC#N)N=C(C)C(C(=O)OCC)C1c1cccc([N+](=O)[O-])c1. The number of carbonyl (C=O) groups excluding carboxylic acids is 2. The Labute approximate surface area is 208 Å². The van der Waals surface area contributed by atoms with Crippen LogP contribution in [0.3, 0.4) is 0 Å². The van der Waals surface area contributed by atoms with Gasteiger partial charge >= 0.3 is 11.9 Å². The van der Waals surface area contributed by atoms with Crippen molar-refractivity contribution in [1.82, 2.24) is 5.32 Å².